The van der Waals surface area contributed by atoms with E-state index in [-0.39, 0.29) is 12.0 Å². The highest BCUT2D eigenvalue weighted by Crippen LogP contribution is 2.25. The lowest BCUT2D eigenvalue weighted by Crippen LogP contribution is -2.48. The maximum atomic E-state index is 12.9. The molecule has 2 atom stereocenters. The van der Waals surface area contributed by atoms with Gasteiger partial charge in [-0.2, -0.15) is 0 Å². The number of hydrogen-bond donors (Lipinski definition) is 1. The van der Waals surface area contributed by atoms with E-state index in [9.17, 15) is 4.79 Å². The Bertz CT molecular complexity index is 523. The van der Waals surface area contributed by atoms with Crippen molar-refractivity contribution < 1.29 is 4.79 Å². The van der Waals surface area contributed by atoms with E-state index < -0.39 is 0 Å². The molecule has 4 heteroatoms. The summed E-state index contributed by atoms with van der Waals surface area (Å²) in [5.74, 6) is 1.13. The molecule has 2 heterocycles. The minimum absolute atomic E-state index is 0.175. The van der Waals surface area contributed by atoms with Crippen molar-refractivity contribution in [3.63, 3.8) is 0 Å². The molecule has 3 rings (SSSR count). The Hall–Kier alpha value is -1.39. The van der Waals surface area contributed by atoms with Crippen LogP contribution in [0, 0.1) is 11.8 Å². The zero-order chi connectivity index (χ0) is 16.9. The normalized spacial score (nSPS) is 24.8. The minimum atomic E-state index is 0.175. The quantitative estimate of drug-likeness (QED) is 0.923. The fourth-order valence-corrected chi connectivity index (χ4v) is 4.15. The van der Waals surface area contributed by atoms with E-state index in [4.69, 9.17) is 5.73 Å². The van der Waals surface area contributed by atoms with Crippen molar-refractivity contribution in [2.75, 3.05) is 26.2 Å². The van der Waals surface area contributed by atoms with E-state index in [1.54, 1.807) is 0 Å². The van der Waals surface area contributed by atoms with E-state index in [2.05, 4.69) is 47.1 Å². The van der Waals surface area contributed by atoms with Gasteiger partial charge in [0.05, 0.1) is 5.92 Å². The van der Waals surface area contributed by atoms with Crippen LogP contribution in [-0.4, -0.2) is 47.9 Å². The summed E-state index contributed by atoms with van der Waals surface area (Å²) in [4.78, 5) is 17.4. The second-order valence-electron chi connectivity index (χ2n) is 7.58. The molecule has 2 fully saturated rings. The Morgan fingerprint density at radius 1 is 1.17 bits per heavy atom. The van der Waals surface area contributed by atoms with Gasteiger partial charge in [0, 0.05) is 32.2 Å². The van der Waals surface area contributed by atoms with Gasteiger partial charge in [0.2, 0.25) is 5.91 Å². The largest absolute Gasteiger partial charge is 0.342 e. The van der Waals surface area contributed by atoms with Crippen molar-refractivity contribution in [2.24, 2.45) is 17.6 Å². The number of amides is 1. The van der Waals surface area contributed by atoms with Gasteiger partial charge in [-0.1, -0.05) is 30.3 Å². The maximum absolute atomic E-state index is 12.9. The van der Waals surface area contributed by atoms with Gasteiger partial charge in [0.15, 0.2) is 0 Å². The van der Waals surface area contributed by atoms with Gasteiger partial charge in [-0.15, -0.1) is 0 Å². The van der Waals surface area contributed by atoms with Crippen LogP contribution in [0.25, 0.3) is 0 Å². The Labute approximate surface area is 146 Å². The molecule has 0 saturated carbocycles. The van der Waals surface area contributed by atoms with Crippen LogP contribution >= 0.6 is 0 Å². The van der Waals surface area contributed by atoms with Crippen LogP contribution < -0.4 is 5.73 Å². The molecule has 0 radical (unpaired) electrons. The van der Waals surface area contributed by atoms with Crippen molar-refractivity contribution in [1.29, 1.82) is 0 Å². The molecular formula is C20H31N3O. The van der Waals surface area contributed by atoms with Gasteiger partial charge in [-0.05, 0) is 50.6 Å². The highest BCUT2D eigenvalue weighted by Gasteiger charge is 2.32. The maximum Gasteiger partial charge on any atom is 0.226 e. The third-order valence-electron chi connectivity index (χ3n) is 5.70. The third-order valence-corrected chi connectivity index (χ3v) is 5.70. The van der Waals surface area contributed by atoms with Crippen LogP contribution in [0.15, 0.2) is 30.3 Å². The first-order valence-electron chi connectivity index (χ1n) is 9.44. The van der Waals surface area contributed by atoms with Crippen LogP contribution in [0.4, 0.5) is 0 Å². The molecule has 0 aliphatic carbocycles. The molecule has 2 aliphatic heterocycles. The zero-order valence-electron chi connectivity index (χ0n) is 14.9. The molecule has 1 aromatic carbocycles. The molecule has 4 nitrogen and oxygen atoms in total. The Morgan fingerprint density at radius 2 is 1.88 bits per heavy atom. The zero-order valence-corrected chi connectivity index (χ0v) is 14.9. The van der Waals surface area contributed by atoms with Crippen molar-refractivity contribution in [2.45, 2.75) is 45.2 Å². The molecule has 2 N–H and O–H groups in total. The predicted molar refractivity (Wildman–Crippen MR) is 97.4 cm³/mol. The van der Waals surface area contributed by atoms with Crippen LogP contribution in [0.1, 0.15) is 38.2 Å². The molecule has 1 aromatic rings. The van der Waals surface area contributed by atoms with Crippen LogP contribution in [-0.2, 0) is 11.3 Å². The predicted octanol–water partition coefficient (Wildman–Crippen LogP) is 2.48. The first-order chi connectivity index (χ1) is 11.6. The number of benzene rings is 1. The molecule has 24 heavy (non-hydrogen) atoms. The monoisotopic (exact) mass is 329 g/mol. The highest BCUT2D eigenvalue weighted by molar-refractivity contribution is 5.79. The summed E-state index contributed by atoms with van der Waals surface area (Å²) < 4.78 is 0. The smallest absolute Gasteiger partial charge is 0.226 e. The molecule has 2 aliphatic rings. The van der Waals surface area contributed by atoms with E-state index in [1.165, 1.54) is 5.56 Å². The SMILES string of the molecule is CC(N)C1CCN(C(=O)C2CCCN(Cc3ccccc3)C2)CC1. The second-order valence-corrected chi connectivity index (χ2v) is 7.58. The van der Waals surface area contributed by atoms with E-state index >= 15 is 0 Å². The number of nitrogens with zero attached hydrogens (tertiary/aromatic N) is 2. The van der Waals surface area contributed by atoms with Gasteiger partial charge in [-0.3, -0.25) is 9.69 Å². The first-order valence-corrected chi connectivity index (χ1v) is 9.44. The van der Waals surface area contributed by atoms with Crippen molar-refractivity contribution >= 4 is 5.91 Å². The van der Waals surface area contributed by atoms with Gasteiger partial charge in [0.25, 0.3) is 0 Å². The van der Waals surface area contributed by atoms with Gasteiger partial charge >= 0.3 is 0 Å². The fourth-order valence-electron chi connectivity index (χ4n) is 4.15. The Morgan fingerprint density at radius 3 is 2.54 bits per heavy atom. The Kier molecular flexibility index (Phi) is 5.90. The molecule has 2 unspecified atom stereocenters. The highest BCUT2D eigenvalue weighted by atomic mass is 16.2. The standard InChI is InChI=1S/C20H31N3O/c1-16(21)18-9-12-23(13-10-18)20(24)19-8-5-11-22(15-19)14-17-6-3-2-4-7-17/h2-4,6-7,16,18-19H,5,8-15,21H2,1H3. The third kappa shape index (κ3) is 4.37. The van der Waals surface area contributed by atoms with Crippen LogP contribution in [0.2, 0.25) is 0 Å². The summed E-state index contributed by atoms with van der Waals surface area (Å²) in [6.45, 7) is 6.83. The van der Waals surface area contributed by atoms with Crippen LogP contribution in [0.3, 0.4) is 0 Å². The number of carbonyl (C=O) groups is 1. The topological polar surface area (TPSA) is 49.6 Å². The van der Waals surface area contributed by atoms with Gasteiger partial charge in [-0.25, -0.2) is 0 Å². The van der Waals surface area contributed by atoms with Crippen LogP contribution in [0.5, 0.6) is 0 Å². The number of nitrogens with two attached hydrogens (primary N) is 1. The van der Waals surface area contributed by atoms with Crippen molar-refractivity contribution in [3.8, 4) is 0 Å². The summed E-state index contributed by atoms with van der Waals surface area (Å²) in [5, 5.41) is 0. The van der Waals surface area contributed by atoms with E-state index in [0.29, 0.717) is 11.8 Å². The number of carbonyl (C=O) groups excluding carboxylic acids is 1. The fraction of sp³-hybridized carbons (Fsp3) is 0.650. The lowest BCUT2D eigenvalue weighted by Gasteiger charge is -2.38. The molecule has 0 bridgehead atoms. The number of likely N-dealkylation sites (tertiary alicyclic amines) is 2. The molecule has 0 spiro atoms. The molecule has 0 aromatic heterocycles. The number of rotatable bonds is 4. The molecule has 1 amide bonds. The molecule has 132 valence electrons. The summed E-state index contributed by atoms with van der Waals surface area (Å²) in [6, 6.07) is 10.8. The summed E-state index contributed by atoms with van der Waals surface area (Å²) in [7, 11) is 0. The lowest BCUT2D eigenvalue weighted by molar-refractivity contribution is -0.139. The summed E-state index contributed by atoms with van der Waals surface area (Å²) >= 11 is 0. The summed E-state index contributed by atoms with van der Waals surface area (Å²) in [6.07, 6.45) is 4.28. The molecular weight excluding hydrogens is 298 g/mol. The van der Waals surface area contributed by atoms with Gasteiger partial charge < -0.3 is 10.6 Å². The minimum Gasteiger partial charge on any atom is -0.342 e. The second kappa shape index (κ2) is 8.13. The lowest BCUT2D eigenvalue weighted by atomic mass is 9.89. The Balaban J connectivity index is 1.52. The first kappa shape index (κ1) is 17.4. The van der Waals surface area contributed by atoms with Crippen molar-refractivity contribution in [3.05, 3.63) is 35.9 Å². The van der Waals surface area contributed by atoms with Crippen molar-refractivity contribution in [1.82, 2.24) is 9.80 Å². The molecule has 2 saturated heterocycles. The number of hydrogen-bond acceptors (Lipinski definition) is 3. The average molecular weight is 329 g/mol. The van der Waals surface area contributed by atoms with E-state index in [0.717, 1.165) is 58.4 Å². The van der Waals surface area contributed by atoms with E-state index in [1.807, 2.05) is 0 Å². The van der Waals surface area contributed by atoms with Gasteiger partial charge in [0.1, 0.15) is 0 Å². The summed E-state index contributed by atoms with van der Waals surface area (Å²) in [5.41, 5.74) is 7.35. The average Bonchev–Trinajstić information content (AvgIpc) is 2.62. The number of piperidine rings is 2.